The predicted octanol–water partition coefficient (Wildman–Crippen LogP) is 2.74. The summed E-state index contributed by atoms with van der Waals surface area (Å²) in [5, 5.41) is 3.43. The van der Waals surface area contributed by atoms with Crippen LogP contribution in [0.5, 0.6) is 0 Å². The molecule has 0 aliphatic carbocycles. The second-order valence-corrected chi connectivity index (χ2v) is 4.47. The molecule has 0 saturated carbocycles. The second-order valence-electron chi connectivity index (χ2n) is 2.76. The molecule has 0 aliphatic heterocycles. The van der Waals surface area contributed by atoms with Gasteiger partial charge >= 0.3 is 0 Å². The SMILES string of the molecule is CCSCCCNC(CC)CCl. The Labute approximate surface area is 85.6 Å². The first-order valence-electron chi connectivity index (χ1n) is 4.72. The van der Waals surface area contributed by atoms with Crippen LogP contribution in [0, 0.1) is 0 Å². The molecule has 0 heterocycles. The van der Waals surface area contributed by atoms with Crippen molar-refractivity contribution in [3.8, 4) is 0 Å². The molecule has 1 unspecified atom stereocenters. The highest BCUT2D eigenvalue weighted by Gasteiger charge is 2.01. The summed E-state index contributed by atoms with van der Waals surface area (Å²) in [6.45, 7) is 5.48. The third-order valence-electron chi connectivity index (χ3n) is 1.78. The van der Waals surface area contributed by atoms with Gasteiger partial charge in [0, 0.05) is 11.9 Å². The maximum absolute atomic E-state index is 5.74. The van der Waals surface area contributed by atoms with Crippen LogP contribution in [0.4, 0.5) is 0 Å². The van der Waals surface area contributed by atoms with Crippen LogP contribution in [0.2, 0.25) is 0 Å². The number of nitrogens with one attached hydrogen (secondary N) is 1. The zero-order valence-corrected chi connectivity index (χ0v) is 9.68. The highest BCUT2D eigenvalue weighted by molar-refractivity contribution is 7.99. The lowest BCUT2D eigenvalue weighted by atomic mass is 10.2. The van der Waals surface area contributed by atoms with E-state index in [2.05, 4.69) is 19.2 Å². The van der Waals surface area contributed by atoms with Crippen LogP contribution in [-0.4, -0.2) is 30.0 Å². The number of halogens is 1. The fraction of sp³-hybridized carbons (Fsp3) is 1.00. The lowest BCUT2D eigenvalue weighted by Crippen LogP contribution is -2.30. The molecule has 1 N–H and O–H groups in total. The minimum Gasteiger partial charge on any atom is -0.313 e. The van der Waals surface area contributed by atoms with Gasteiger partial charge in [-0.15, -0.1) is 11.6 Å². The van der Waals surface area contributed by atoms with E-state index in [4.69, 9.17) is 11.6 Å². The number of thioether (sulfide) groups is 1. The van der Waals surface area contributed by atoms with Crippen molar-refractivity contribution in [2.45, 2.75) is 32.7 Å². The van der Waals surface area contributed by atoms with Crippen LogP contribution in [0.1, 0.15) is 26.7 Å². The summed E-state index contributed by atoms with van der Waals surface area (Å²) in [5.41, 5.74) is 0. The summed E-state index contributed by atoms with van der Waals surface area (Å²) in [6.07, 6.45) is 2.39. The Bertz CT molecular complexity index is 86.6. The molecule has 0 aromatic heterocycles. The molecule has 0 fully saturated rings. The number of hydrogen-bond donors (Lipinski definition) is 1. The molecule has 0 rings (SSSR count). The highest BCUT2D eigenvalue weighted by atomic mass is 35.5. The van der Waals surface area contributed by atoms with E-state index in [0.717, 1.165) is 18.8 Å². The number of alkyl halides is 1. The molecule has 74 valence electrons. The average Bonchev–Trinajstić information content (AvgIpc) is 2.11. The van der Waals surface area contributed by atoms with E-state index in [0.29, 0.717) is 6.04 Å². The largest absolute Gasteiger partial charge is 0.313 e. The number of rotatable bonds is 8. The summed E-state index contributed by atoms with van der Waals surface area (Å²) < 4.78 is 0. The van der Waals surface area contributed by atoms with Gasteiger partial charge in [0.05, 0.1) is 0 Å². The molecule has 0 aromatic carbocycles. The van der Waals surface area contributed by atoms with Crippen LogP contribution >= 0.6 is 23.4 Å². The molecule has 1 atom stereocenters. The summed E-state index contributed by atoms with van der Waals surface area (Å²) in [7, 11) is 0. The fourth-order valence-electron chi connectivity index (χ4n) is 0.933. The Morgan fingerprint density at radius 1 is 1.42 bits per heavy atom. The molecule has 1 nitrogen and oxygen atoms in total. The van der Waals surface area contributed by atoms with Crippen molar-refractivity contribution in [3.63, 3.8) is 0 Å². The fourth-order valence-corrected chi connectivity index (χ4v) is 1.90. The van der Waals surface area contributed by atoms with Gasteiger partial charge in [0.15, 0.2) is 0 Å². The quantitative estimate of drug-likeness (QED) is 0.488. The molecular formula is C9H20ClNS. The first kappa shape index (κ1) is 12.6. The smallest absolute Gasteiger partial charge is 0.0377 e. The zero-order valence-electron chi connectivity index (χ0n) is 8.11. The van der Waals surface area contributed by atoms with Crippen molar-refractivity contribution in [1.29, 1.82) is 0 Å². The Morgan fingerprint density at radius 2 is 2.17 bits per heavy atom. The van der Waals surface area contributed by atoms with Crippen molar-refractivity contribution in [3.05, 3.63) is 0 Å². The Hall–Kier alpha value is 0.600. The van der Waals surface area contributed by atoms with E-state index in [1.165, 1.54) is 17.9 Å². The van der Waals surface area contributed by atoms with E-state index >= 15 is 0 Å². The van der Waals surface area contributed by atoms with Gasteiger partial charge in [-0.2, -0.15) is 11.8 Å². The molecule has 0 bridgehead atoms. The summed E-state index contributed by atoms with van der Waals surface area (Å²) in [6, 6.07) is 0.512. The molecule has 0 aromatic rings. The summed E-state index contributed by atoms with van der Waals surface area (Å²) in [5.74, 6) is 3.23. The van der Waals surface area contributed by atoms with Crippen molar-refractivity contribution < 1.29 is 0 Å². The van der Waals surface area contributed by atoms with Gasteiger partial charge < -0.3 is 5.32 Å². The first-order chi connectivity index (χ1) is 5.85. The standard InChI is InChI=1S/C9H20ClNS/c1-3-9(8-10)11-6-5-7-12-4-2/h9,11H,3-8H2,1-2H3. The topological polar surface area (TPSA) is 12.0 Å². The van der Waals surface area contributed by atoms with E-state index in [1.807, 2.05) is 11.8 Å². The van der Waals surface area contributed by atoms with Crippen LogP contribution in [0.25, 0.3) is 0 Å². The maximum atomic E-state index is 5.74. The maximum Gasteiger partial charge on any atom is 0.0377 e. The minimum atomic E-state index is 0.512. The molecule has 3 heteroatoms. The Kier molecular flexibility index (Phi) is 10.2. The van der Waals surface area contributed by atoms with Gasteiger partial charge in [-0.3, -0.25) is 0 Å². The first-order valence-corrected chi connectivity index (χ1v) is 6.41. The monoisotopic (exact) mass is 209 g/mol. The molecule has 0 radical (unpaired) electrons. The van der Waals surface area contributed by atoms with E-state index in [1.54, 1.807) is 0 Å². The van der Waals surface area contributed by atoms with Crippen molar-refractivity contribution in [1.82, 2.24) is 5.32 Å². The molecule has 0 amide bonds. The lowest BCUT2D eigenvalue weighted by molar-refractivity contribution is 0.538. The zero-order chi connectivity index (χ0) is 9.23. The summed E-state index contributed by atoms with van der Waals surface area (Å²) >= 11 is 7.74. The van der Waals surface area contributed by atoms with Gasteiger partial charge in [-0.25, -0.2) is 0 Å². The molecule has 12 heavy (non-hydrogen) atoms. The third kappa shape index (κ3) is 7.26. The third-order valence-corrected chi connectivity index (χ3v) is 3.14. The molecule has 0 saturated heterocycles. The molecule has 0 spiro atoms. The average molecular weight is 210 g/mol. The Balaban J connectivity index is 3.06. The van der Waals surface area contributed by atoms with E-state index in [-0.39, 0.29) is 0 Å². The van der Waals surface area contributed by atoms with Crippen LogP contribution in [-0.2, 0) is 0 Å². The van der Waals surface area contributed by atoms with E-state index < -0.39 is 0 Å². The van der Waals surface area contributed by atoms with Gasteiger partial charge in [-0.1, -0.05) is 13.8 Å². The van der Waals surface area contributed by atoms with E-state index in [9.17, 15) is 0 Å². The van der Waals surface area contributed by atoms with Crippen LogP contribution in [0.15, 0.2) is 0 Å². The number of hydrogen-bond acceptors (Lipinski definition) is 2. The Morgan fingerprint density at radius 3 is 2.67 bits per heavy atom. The van der Waals surface area contributed by atoms with Crippen molar-refractivity contribution >= 4 is 23.4 Å². The van der Waals surface area contributed by atoms with Gasteiger partial charge in [0.2, 0.25) is 0 Å². The second kappa shape index (κ2) is 9.69. The lowest BCUT2D eigenvalue weighted by Gasteiger charge is -2.12. The van der Waals surface area contributed by atoms with Crippen LogP contribution < -0.4 is 5.32 Å². The molecule has 0 aliphatic rings. The highest BCUT2D eigenvalue weighted by Crippen LogP contribution is 2.00. The predicted molar refractivity (Wildman–Crippen MR) is 60.4 cm³/mol. The van der Waals surface area contributed by atoms with Crippen molar-refractivity contribution in [2.24, 2.45) is 0 Å². The van der Waals surface area contributed by atoms with Gasteiger partial charge in [0.1, 0.15) is 0 Å². The molecular weight excluding hydrogens is 190 g/mol. The minimum absolute atomic E-state index is 0.512. The van der Waals surface area contributed by atoms with Gasteiger partial charge in [-0.05, 0) is 30.9 Å². The van der Waals surface area contributed by atoms with Gasteiger partial charge in [0.25, 0.3) is 0 Å². The summed E-state index contributed by atoms with van der Waals surface area (Å²) in [4.78, 5) is 0. The normalized spacial score (nSPS) is 13.2. The van der Waals surface area contributed by atoms with Crippen molar-refractivity contribution in [2.75, 3.05) is 23.9 Å². The van der Waals surface area contributed by atoms with Crippen LogP contribution in [0.3, 0.4) is 0 Å².